The molecule has 0 aliphatic heterocycles. The second-order valence-corrected chi connectivity index (χ2v) is 21.6. The second kappa shape index (κ2) is 20.3. The minimum atomic E-state index is -3.63. The van der Waals surface area contributed by atoms with Gasteiger partial charge in [-0.3, -0.25) is 9.69 Å². The molecule has 12 heteroatoms. The molecule has 3 aromatic rings. The molecule has 3 N–H and O–H groups in total. The number of nitrogens with zero attached hydrogens (tertiary/aromatic N) is 1. The summed E-state index contributed by atoms with van der Waals surface area (Å²) < 4.78 is 52.0. The number of nitrogens with one attached hydrogen (secondary N) is 3. The topological polar surface area (TPSA) is 142 Å². The van der Waals surface area contributed by atoms with E-state index in [4.69, 9.17) is 0 Å². The number of carbonyl (C=O) groups is 2. The van der Waals surface area contributed by atoms with E-state index in [2.05, 4.69) is 58.4 Å². The maximum atomic E-state index is 12.9. The lowest BCUT2D eigenvalue weighted by Crippen LogP contribution is -2.37. The average molecular weight is 847 g/mol. The summed E-state index contributed by atoms with van der Waals surface area (Å²) in [6.07, 6.45) is 14.0. The average Bonchev–Trinajstić information content (AvgIpc) is 4.01. The molecular formula is C47H66N4O6S2. The van der Waals surface area contributed by atoms with Gasteiger partial charge in [-0.2, -0.15) is 0 Å². The zero-order valence-corrected chi connectivity index (χ0v) is 37.4. The molecule has 7 rings (SSSR count). The minimum Gasteiger partial charge on any atom is -0.314 e. The van der Waals surface area contributed by atoms with Gasteiger partial charge in [-0.25, -0.2) is 26.4 Å². The van der Waals surface area contributed by atoms with Gasteiger partial charge < -0.3 is 10.6 Å². The van der Waals surface area contributed by atoms with Crippen molar-refractivity contribution < 1.29 is 26.4 Å². The number of urea groups is 1. The van der Waals surface area contributed by atoms with Gasteiger partial charge in [-0.15, -0.1) is 0 Å². The van der Waals surface area contributed by atoms with Crippen LogP contribution in [-0.4, -0.2) is 76.0 Å². The molecule has 2 amide bonds. The number of rotatable bonds is 18. The van der Waals surface area contributed by atoms with Gasteiger partial charge in [0.15, 0.2) is 15.6 Å². The molecule has 0 aromatic heterocycles. The van der Waals surface area contributed by atoms with Gasteiger partial charge in [0.2, 0.25) is 10.0 Å². The molecule has 4 aliphatic carbocycles. The van der Waals surface area contributed by atoms with Crippen molar-refractivity contribution in [3.8, 4) is 0 Å². The highest BCUT2D eigenvalue weighted by atomic mass is 32.2. The third-order valence-corrected chi connectivity index (χ3v) is 15.3. The van der Waals surface area contributed by atoms with E-state index >= 15 is 0 Å². The first kappa shape index (κ1) is 45.0. The number of ketones is 1. The Kier molecular flexibility index (Phi) is 15.5. The molecule has 4 aliphatic rings. The molecule has 0 atom stereocenters. The highest BCUT2D eigenvalue weighted by Crippen LogP contribution is 2.39. The van der Waals surface area contributed by atoms with E-state index in [1.54, 1.807) is 0 Å². The van der Waals surface area contributed by atoms with Crippen LogP contribution in [0.25, 0.3) is 0 Å². The number of fused-ring (bicyclic) bond motifs is 4. The van der Waals surface area contributed by atoms with Gasteiger partial charge in [0.05, 0.1) is 11.5 Å². The van der Waals surface area contributed by atoms with E-state index in [-0.39, 0.29) is 29.5 Å². The smallest absolute Gasteiger partial charge is 0.314 e. The summed E-state index contributed by atoms with van der Waals surface area (Å²) in [5, 5.41) is 6.04. The van der Waals surface area contributed by atoms with E-state index in [1.165, 1.54) is 55.6 Å². The Morgan fingerprint density at radius 3 is 1.78 bits per heavy atom. The second-order valence-electron chi connectivity index (χ2n) is 17.6. The van der Waals surface area contributed by atoms with Crippen LogP contribution in [0.3, 0.4) is 0 Å². The Labute approximate surface area is 353 Å². The number of hydrogen-bond donors (Lipinski definition) is 3. The van der Waals surface area contributed by atoms with Crippen LogP contribution in [-0.2, 0) is 89.0 Å². The molecule has 0 heterocycles. The summed E-state index contributed by atoms with van der Waals surface area (Å²) in [6, 6.07) is 14.9. The quantitative estimate of drug-likeness (QED) is 0.116. The number of sulfonamides is 1. The third-order valence-electron chi connectivity index (χ3n) is 12.3. The van der Waals surface area contributed by atoms with Crippen molar-refractivity contribution in [1.82, 2.24) is 14.9 Å². The van der Waals surface area contributed by atoms with Crippen molar-refractivity contribution >= 4 is 37.4 Å². The summed E-state index contributed by atoms with van der Waals surface area (Å²) in [5.41, 5.74) is 13.7. The first-order valence-corrected chi connectivity index (χ1v) is 25.5. The summed E-state index contributed by atoms with van der Waals surface area (Å²) >= 11 is 0. The Bertz CT molecular complexity index is 2120. The van der Waals surface area contributed by atoms with Gasteiger partial charge in [-0.05, 0) is 172 Å². The Morgan fingerprint density at radius 2 is 1.24 bits per heavy atom. The Balaban J connectivity index is 0.000000204. The highest BCUT2D eigenvalue weighted by Gasteiger charge is 2.28. The van der Waals surface area contributed by atoms with Gasteiger partial charge in [0, 0.05) is 30.7 Å². The summed E-state index contributed by atoms with van der Waals surface area (Å²) in [7, 11) is -7.03. The van der Waals surface area contributed by atoms with Crippen molar-refractivity contribution in [1.29, 1.82) is 0 Å². The fraction of sp³-hybridized carbons (Fsp3) is 0.574. The fourth-order valence-electron chi connectivity index (χ4n) is 9.49. The number of amides is 2. The van der Waals surface area contributed by atoms with Crippen LogP contribution >= 0.6 is 0 Å². The zero-order chi connectivity index (χ0) is 42.2. The number of anilines is 1. The van der Waals surface area contributed by atoms with Gasteiger partial charge in [0.1, 0.15) is 5.75 Å². The van der Waals surface area contributed by atoms with Crippen LogP contribution in [0, 0.1) is 0 Å². The van der Waals surface area contributed by atoms with Gasteiger partial charge in [-0.1, -0.05) is 56.3 Å². The molecule has 0 radical (unpaired) electrons. The molecule has 0 fully saturated rings. The van der Waals surface area contributed by atoms with Crippen LogP contribution in [0.5, 0.6) is 0 Å². The van der Waals surface area contributed by atoms with Gasteiger partial charge in [0.25, 0.3) is 0 Å². The molecule has 0 spiro atoms. The Morgan fingerprint density at radius 1 is 0.695 bits per heavy atom. The Hall–Kier alpha value is -3.58. The predicted molar refractivity (Wildman–Crippen MR) is 239 cm³/mol. The lowest BCUT2D eigenvalue weighted by atomic mass is 9.91. The van der Waals surface area contributed by atoms with Gasteiger partial charge >= 0.3 is 6.03 Å². The monoisotopic (exact) mass is 846 g/mol. The number of hydrogen-bond acceptors (Lipinski definition) is 8. The highest BCUT2D eigenvalue weighted by molar-refractivity contribution is 7.92. The number of aryl methyl sites for hydroxylation is 4. The van der Waals surface area contributed by atoms with E-state index in [0.717, 1.165) is 89.3 Å². The summed E-state index contributed by atoms with van der Waals surface area (Å²) in [5.74, 6) is -0.465. The van der Waals surface area contributed by atoms with Crippen LogP contribution in [0.4, 0.5) is 10.5 Å². The van der Waals surface area contributed by atoms with E-state index in [1.807, 2.05) is 32.0 Å². The SMILES string of the molecule is CC(C)N(CCCS(=O)(=O)CC(=O)Cc1c2c(cc3c1CCC3)CCC2)Cc1ccccc1.CC(C)NCCCS(=O)(=O)NC(=O)Nc1c2c(cc3c1CCC3)CCC2. The predicted octanol–water partition coefficient (Wildman–Crippen LogP) is 6.99. The fourth-order valence-corrected chi connectivity index (χ4v) is 11.8. The molecular weight excluding hydrogens is 781 g/mol. The van der Waals surface area contributed by atoms with Crippen LogP contribution in [0.2, 0.25) is 0 Å². The van der Waals surface area contributed by atoms with Crippen LogP contribution in [0.15, 0.2) is 42.5 Å². The number of carbonyl (C=O) groups excluding carboxylic acids is 2. The molecule has 322 valence electrons. The molecule has 0 saturated carbocycles. The summed E-state index contributed by atoms with van der Waals surface area (Å²) in [6.45, 7) is 10.4. The van der Waals surface area contributed by atoms with E-state index in [9.17, 15) is 26.4 Å². The van der Waals surface area contributed by atoms with Crippen LogP contribution < -0.4 is 15.4 Å². The number of benzene rings is 3. The zero-order valence-electron chi connectivity index (χ0n) is 35.8. The van der Waals surface area contributed by atoms with Crippen LogP contribution in [0.1, 0.15) is 122 Å². The number of sulfone groups is 1. The largest absolute Gasteiger partial charge is 0.332 e. The molecule has 0 saturated heterocycles. The van der Waals surface area contributed by atoms with Crippen molar-refractivity contribution in [2.75, 3.05) is 35.7 Å². The standard InChI is InChI=1S/C28H37NO3S.C19H29N3O3S/c1-21(2)29(19-22-9-4-3-5-10-22)15-8-16-33(31,32)20-25(30)18-28-26-13-6-11-23(26)17-24-12-7-14-27(24)28;1-13(2)20-10-5-11-26(24,25)22-19(23)21-18-16-8-3-6-14(16)12-15-7-4-9-17(15)18/h3-5,9-10,17,21H,6-8,11-16,18-20H2,1-2H3;12-13,20H,3-11H2,1-2H3,(H2,21,22,23). The minimum absolute atomic E-state index is 0.0643. The maximum absolute atomic E-state index is 12.9. The van der Waals surface area contributed by atoms with E-state index in [0.29, 0.717) is 38.0 Å². The number of Topliss-reactive ketones (excluding diaryl/α,β-unsaturated/α-hetero) is 1. The lowest BCUT2D eigenvalue weighted by Gasteiger charge is -2.26. The first-order chi connectivity index (χ1) is 28.2. The molecule has 0 unspecified atom stereocenters. The molecule has 10 nitrogen and oxygen atoms in total. The first-order valence-electron chi connectivity index (χ1n) is 22.0. The maximum Gasteiger partial charge on any atom is 0.332 e. The lowest BCUT2D eigenvalue weighted by molar-refractivity contribution is -0.116. The van der Waals surface area contributed by atoms with Crippen molar-refractivity contribution in [2.45, 2.75) is 143 Å². The summed E-state index contributed by atoms with van der Waals surface area (Å²) in [4.78, 5) is 27.5. The molecule has 3 aromatic carbocycles. The van der Waals surface area contributed by atoms with Crippen molar-refractivity contribution in [3.05, 3.63) is 98.1 Å². The van der Waals surface area contributed by atoms with Crippen molar-refractivity contribution in [2.24, 2.45) is 0 Å². The van der Waals surface area contributed by atoms with Crippen molar-refractivity contribution in [3.63, 3.8) is 0 Å². The third kappa shape index (κ3) is 12.5. The molecule has 0 bridgehead atoms. The molecule has 59 heavy (non-hydrogen) atoms. The normalized spacial score (nSPS) is 15.5. The van der Waals surface area contributed by atoms with E-state index < -0.39 is 25.9 Å².